The first kappa shape index (κ1) is 15.4. The highest BCUT2D eigenvalue weighted by molar-refractivity contribution is 7.10. The lowest BCUT2D eigenvalue weighted by molar-refractivity contribution is -0.138. The summed E-state index contributed by atoms with van der Waals surface area (Å²) in [6.45, 7) is 4.39. The van der Waals surface area contributed by atoms with Crippen LogP contribution in [0.1, 0.15) is 26.7 Å². The van der Waals surface area contributed by atoms with Gasteiger partial charge in [0.25, 0.3) is 0 Å². The van der Waals surface area contributed by atoms with Crippen LogP contribution in [-0.2, 0) is 4.79 Å². The first-order chi connectivity index (χ1) is 8.97. The molecule has 1 aromatic heterocycles. The van der Waals surface area contributed by atoms with E-state index >= 15 is 0 Å². The maximum Gasteiger partial charge on any atom is 0.319 e. The topological polar surface area (TPSA) is 104 Å². The zero-order chi connectivity index (χ0) is 14.3. The van der Waals surface area contributed by atoms with Crippen molar-refractivity contribution in [1.82, 2.24) is 14.9 Å². The number of urea groups is 1. The molecule has 0 aliphatic carbocycles. The van der Waals surface area contributed by atoms with E-state index in [0.29, 0.717) is 17.5 Å². The number of aromatic nitrogens is 2. The molecule has 7 nitrogen and oxygen atoms in total. The minimum Gasteiger partial charge on any atom is -0.481 e. The number of carboxylic acids is 1. The first-order valence-electron chi connectivity index (χ1n) is 6.01. The van der Waals surface area contributed by atoms with Crippen LogP contribution in [0.4, 0.5) is 9.80 Å². The van der Waals surface area contributed by atoms with E-state index in [0.717, 1.165) is 18.0 Å². The lowest BCUT2D eigenvalue weighted by Gasteiger charge is -2.17. The van der Waals surface area contributed by atoms with Crippen LogP contribution in [0.2, 0.25) is 0 Å². The second-order valence-corrected chi connectivity index (χ2v) is 5.50. The molecule has 0 spiro atoms. The van der Waals surface area contributed by atoms with Crippen LogP contribution in [0.5, 0.6) is 0 Å². The Bertz CT molecular complexity index is 408. The first-order valence-corrected chi connectivity index (χ1v) is 6.78. The van der Waals surface area contributed by atoms with Crippen LogP contribution >= 0.6 is 11.5 Å². The Hall–Kier alpha value is -1.70. The molecule has 0 unspecified atom stereocenters. The molecule has 0 aliphatic rings. The van der Waals surface area contributed by atoms with Crippen molar-refractivity contribution in [3.8, 4) is 0 Å². The van der Waals surface area contributed by atoms with Gasteiger partial charge in [-0.2, -0.15) is 0 Å². The predicted octanol–water partition coefficient (Wildman–Crippen LogP) is 1.80. The van der Waals surface area contributed by atoms with Gasteiger partial charge >= 0.3 is 12.0 Å². The van der Waals surface area contributed by atoms with Crippen molar-refractivity contribution in [3.63, 3.8) is 0 Å². The van der Waals surface area contributed by atoms with Crippen LogP contribution in [-0.4, -0.2) is 33.2 Å². The minimum atomic E-state index is -0.848. The molecule has 0 aromatic carbocycles. The van der Waals surface area contributed by atoms with Crippen molar-refractivity contribution in [1.29, 1.82) is 0 Å². The average Bonchev–Trinajstić information content (AvgIpc) is 2.77. The normalized spacial score (nSPS) is 12.2. The molecule has 0 fully saturated rings. The molecule has 0 saturated carbocycles. The number of rotatable bonds is 7. The van der Waals surface area contributed by atoms with Gasteiger partial charge in [-0.15, -0.1) is 5.10 Å². The van der Waals surface area contributed by atoms with Crippen molar-refractivity contribution in [2.24, 2.45) is 11.8 Å². The van der Waals surface area contributed by atoms with E-state index < -0.39 is 5.97 Å². The zero-order valence-electron chi connectivity index (χ0n) is 10.9. The van der Waals surface area contributed by atoms with Gasteiger partial charge in [0.05, 0.1) is 6.20 Å². The summed E-state index contributed by atoms with van der Waals surface area (Å²) >= 11 is 1.08. The van der Waals surface area contributed by atoms with Crippen molar-refractivity contribution in [2.75, 3.05) is 11.9 Å². The lowest BCUT2D eigenvalue weighted by atomic mass is 9.94. The molecule has 1 heterocycles. The number of nitrogens with one attached hydrogen (secondary N) is 2. The van der Waals surface area contributed by atoms with Crippen molar-refractivity contribution in [2.45, 2.75) is 26.7 Å². The van der Waals surface area contributed by atoms with Crippen molar-refractivity contribution in [3.05, 3.63) is 6.20 Å². The molecule has 1 atom stereocenters. The molecule has 0 bridgehead atoms. The number of carboxylic acid groups (broad SMARTS) is 1. The highest BCUT2D eigenvalue weighted by atomic mass is 32.1. The third-order valence-corrected chi connectivity index (χ3v) is 3.00. The van der Waals surface area contributed by atoms with Gasteiger partial charge in [-0.25, -0.2) is 4.79 Å². The molecule has 8 heteroatoms. The summed E-state index contributed by atoms with van der Waals surface area (Å²) in [7, 11) is 0. The molecular formula is C11H18N4O3S. The Kier molecular flexibility index (Phi) is 6.20. The van der Waals surface area contributed by atoms with Crippen LogP contribution in [0, 0.1) is 11.8 Å². The highest BCUT2D eigenvalue weighted by Crippen LogP contribution is 2.15. The van der Waals surface area contributed by atoms with E-state index in [1.54, 1.807) is 0 Å². The number of carbonyl (C=O) groups excluding carboxylic acids is 1. The van der Waals surface area contributed by atoms with E-state index in [2.05, 4.69) is 20.2 Å². The Balaban J connectivity index is 2.37. The number of hydrogen-bond donors (Lipinski definition) is 3. The van der Waals surface area contributed by atoms with Crippen molar-refractivity contribution >= 4 is 28.5 Å². The summed E-state index contributed by atoms with van der Waals surface area (Å²) in [5.41, 5.74) is 0. The fourth-order valence-electron chi connectivity index (χ4n) is 1.77. The van der Waals surface area contributed by atoms with Crippen molar-refractivity contribution < 1.29 is 14.7 Å². The van der Waals surface area contributed by atoms with Crippen LogP contribution in [0.3, 0.4) is 0 Å². The Morgan fingerprint density at radius 1 is 1.47 bits per heavy atom. The second kappa shape index (κ2) is 7.67. The number of hydrogen-bond acceptors (Lipinski definition) is 5. The fourth-order valence-corrected chi connectivity index (χ4v) is 2.18. The molecule has 0 saturated heterocycles. The van der Waals surface area contributed by atoms with E-state index in [-0.39, 0.29) is 18.4 Å². The molecule has 1 aromatic rings. The molecular weight excluding hydrogens is 268 g/mol. The quantitative estimate of drug-likeness (QED) is 0.709. The lowest BCUT2D eigenvalue weighted by Crippen LogP contribution is -2.34. The molecule has 0 radical (unpaired) electrons. The third-order valence-electron chi connectivity index (χ3n) is 2.42. The fraction of sp³-hybridized carbons (Fsp3) is 0.636. The van der Waals surface area contributed by atoms with E-state index in [1.807, 2.05) is 13.8 Å². The molecule has 1 rings (SSSR count). The van der Waals surface area contributed by atoms with Gasteiger partial charge in [0, 0.05) is 24.5 Å². The number of aliphatic carboxylic acids is 1. The standard InChI is InChI=1S/C11H18N4O3S/c1-7(2)3-8(4-10(16)17)5-12-11(18)14-9-6-13-15-19-9/h6-8H,3-5H2,1-2H3,(H,16,17)(H2,12,14,18)/t8-/m0/s1. The maximum atomic E-state index is 11.6. The summed E-state index contributed by atoms with van der Waals surface area (Å²) in [6.07, 6.45) is 2.27. The highest BCUT2D eigenvalue weighted by Gasteiger charge is 2.16. The molecule has 3 N–H and O–H groups in total. The summed E-state index contributed by atoms with van der Waals surface area (Å²) in [6, 6.07) is -0.370. The zero-order valence-corrected chi connectivity index (χ0v) is 11.7. The molecule has 0 aliphatic heterocycles. The minimum absolute atomic E-state index is 0.0561. The number of amides is 2. The maximum absolute atomic E-state index is 11.6. The van der Waals surface area contributed by atoms with Crippen LogP contribution < -0.4 is 10.6 Å². The van der Waals surface area contributed by atoms with Gasteiger partial charge < -0.3 is 10.4 Å². The Labute approximate surface area is 115 Å². The van der Waals surface area contributed by atoms with E-state index in [4.69, 9.17) is 5.11 Å². The SMILES string of the molecule is CC(C)C[C@H](CNC(=O)Nc1cnns1)CC(=O)O. The predicted molar refractivity (Wildman–Crippen MR) is 72.1 cm³/mol. The summed E-state index contributed by atoms with van der Waals surface area (Å²) in [4.78, 5) is 22.3. The summed E-state index contributed by atoms with van der Waals surface area (Å²) in [5.74, 6) is -0.526. The Morgan fingerprint density at radius 3 is 2.74 bits per heavy atom. The van der Waals surface area contributed by atoms with Gasteiger partial charge in [0.1, 0.15) is 5.00 Å². The van der Waals surface area contributed by atoms with Gasteiger partial charge in [-0.05, 0) is 18.3 Å². The third kappa shape index (κ3) is 6.70. The summed E-state index contributed by atoms with van der Waals surface area (Å²) < 4.78 is 3.62. The monoisotopic (exact) mass is 286 g/mol. The molecule has 2 amide bonds. The van der Waals surface area contributed by atoms with Gasteiger partial charge in [-0.1, -0.05) is 18.3 Å². The smallest absolute Gasteiger partial charge is 0.319 e. The van der Waals surface area contributed by atoms with E-state index in [1.165, 1.54) is 6.20 Å². The van der Waals surface area contributed by atoms with Crippen LogP contribution in [0.25, 0.3) is 0 Å². The molecule has 106 valence electrons. The molecule has 19 heavy (non-hydrogen) atoms. The van der Waals surface area contributed by atoms with Gasteiger partial charge in [0.15, 0.2) is 0 Å². The Morgan fingerprint density at radius 2 is 2.21 bits per heavy atom. The largest absolute Gasteiger partial charge is 0.481 e. The van der Waals surface area contributed by atoms with E-state index in [9.17, 15) is 9.59 Å². The average molecular weight is 286 g/mol. The number of nitrogens with zero attached hydrogens (tertiary/aromatic N) is 2. The van der Waals surface area contributed by atoms with Gasteiger partial charge in [-0.3, -0.25) is 10.1 Å². The number of carbonyl (C=O) groups is 2. The van der Waals surface area contributed by atoms with Gasteiger partial charge in [0.2, 0.25) is 0 Å². The van der Waals surface area contributed by atoms with Crippen LogP contribution in [0.15, 0.2) is 6.20 Å². The second-order valence-electron chi connectivity index (χ2n) is 4.71. The summed E-state index contributed by atoms with van der Waals surface area (Å²) in [5, 5.41) is 18.2. The number of anilines is 1.